The first-order valence-corrected chi connectivity index (χ1v) is 11.2. The molecule has 0 radical (unpaired) electrons. The van der Waals surface area contributed by atoms with E-state index in [0.29, 0.717) is 5.57 Å². The smallest absolute Gasteiger partial charge is 0.340 e. The Morgan fingerprint density at radius 3 is 2.24 bits per heavy atom. The van der Waals surface area contributed by atoms with Gasteiger partial charge in [-0.2, -0.15) is 0 Å². The number of nitrogens with one attached hydrogen (secondary N) is 1. The van der Waals surface area contributed by atoms with Gasteiger partial charge in [-0.25, -0.2) is 4.79 Å². The number of benzene rings is 1. The second-order valence-corrected chi connectivity index (χ2v) is 8.26. The lowest BCUT2D eigenvalue weighted by atomic mass is 10.0. The molecule has 0 aliphatic heterocycles. The molecule has 1 aromatic carbocycles. The summed E-state index contributed by atoms with van der Waals surface area (Å²) in [5, 5.41) is 6.78. The maximum atomic E-state index is 12.7. The van der Waals surface area contributed by atoms with E-state index in [2.05, 4.69) is 5.32 Å². The van der Waals surface area contributed by atoms with E-state index < -0.39 is 5.97 Å². The van der Waals surface area contributed by atoms with Crippen LogP contribution in [-0.4, -0.2) is 18.5 Å². The molecular formula is C23H23NO3S2. The van der Waals surface area contributed by atoms with Crippen molar-refractivity contribution in [3.63, 3.8) is 0 Å². The fourth-order valence-corrected chi connectivity index (χ4v) is 4.35. The number of hydrogen-bond acceptors (Lipinski definition) is 5. The van der Waals surface area contributed by atoms with E-state index in [1.54, 1.807) is 17.4 Å². The zero-order valence-corrected chi connectivity index (χ0v) is 18.1. The highest BCUT2D eigenvalue weighted by Crippen LogP contribution is 2.26. The maximum Gasteiger partial charge on any atom is 0.340 e. The summed E-state index contributed by atoms with van der Waals surface area (Å²) in [6.45, 7) is 3.77. The normalized spacial score (nSPS) is 11.3. The third-order valence-corrected chi connectivity index (χ3v) is 6.16. The molecule has 150 valence electrons. The Morgan fingerprint density at radius 1 is 0.966 bits per heavy atom. The number of thiophene rings is 2. The van der Waals surface area contributed by atoms with Gasteiger partial charge >= 0.3 is 5.97 Å². The minimum atomic E-state index is -0.504. The molecule has 3 aromatic rings. The monoisotopic (exact) mass is 425 g/mol. The molecule has 2 heterocycles. The van der Waals surface area contributed by atoms with Crippen molar-refractivity contribution in [1.29, 1.82) is 0 Å². The molecule has 1 N–H and O–H groups in total. The van der Waals surface area contributed by atoms with Crippen molar-refractivity contribution in [2.45, 2.75) is 26.7 Å². The van der Waals surface area contributed by atoms with Crippen LogP contribution in [0.1, 0.15) is 34.7 Å². The van der Waals surface area contributed by atoms with Crippen LogP contribution in [0.5, 0.6) is 0 Å². The SMILES string of the molecule is CCc1cccc(CC)c1NC(=O)COC(=O)C(=Cc1cccs1)c1cccs1. The summed E-state index contributed by atoms with van der Waals surface area (Å²) < 4.78 is 5.35. The van der Waals surface area contributed by atoms with Crippen LogP contribution in [0, 0.1) is 0 Å². The topological polar surface area (TPSA) is 55.4 Å². The van der Waals surface area contributed by atoms with Crippen LogP contribution in [-0.2, 0) is 27.2 Å². The molecule has 0 saturated carbocycles. The predicted octanol–water partition coefficient (Wildman–Crippen LogP) is 5.66. The van der Waals surface area contributed by atoms with Gasteiger partial charge in [-0.15, -0.1) is 22.7 Å². The lowest BCUT2D eigenvalue weighted by Crippen LogP contribution is -2.22. The number of anilines is 1. The summed E-state index contributed by atoms with van der Waals surface area (Å²) in [5.41, 5.74) is 3.42. The molecule has 0 bridgehead atoms. The molecule has 0 fully saturated rings. The summed E-state index contributed by atoms with van der Waals surface area (Å²) in [6.07, 6.45) is 3.43. The minimum Gasteiger partial charge on any atom is -0.452 e. The highest BCUT2D eigenvalue weighted by Gasteiger charge is 2.18. The van der Waals surface area contributed by atoms with Crippen LogP contribution in [0.15, 0.2) is 53.2 Å². The Balaban J connectivity index is 1.70. The highest BCUT2D eigenvalue weighted by atomic mass is 32.1. The lowest BCUT2D eigenvalue weighted by molar-refractivity contribution is -0.141. The molecule has 0 spiro atoms. The summed E-state index contributed by atoms with van der Waals surface area (Å²) in [7, 11) is 0. The van der Waals surface area contributed by atoms with E-state index in [1.807, 2.05) is 67.1 Å². The molecule has 0 aliphatic carbocycles. The highest BCUT2D eigenvalue weighted by molar-refractivity contribution is 7.12. The molecule has 0 saturated heterocycles. The van der Waals surface area contributed by atoms with Crippen LogP contribution in [0.25, 0.3) is 11.6 Å². The Hall–Kier alpha value is -2.70. The number of carbonyl (C=O) groups is 2. The van der Waals surface area contributed by atoms with Gasteiger partial charge in [0.25, 0.3) is 5.91 Å². The number of aryl methyl sites for hydroxylation is 2. The molecule has 1 amide bonds. The van der Waals surface area contributed by atoms with Gasteiger partial charge in [-0.3, -0.25) is 4.79 Å². The summed E-state index contributed by atoms with van der Waals surface area (Å²) in [6, 6.07) is 13.6. The molecule has 6 heteroatoms. The van der Waals surface area contributed by atoms with Crippen LogP contribution in [0.2, 0.25) is 0 Å². The molecule has 29 heavy (non-hydrogen) atoms. The van der Waals surface area contributed by atoms with Gasteiger partial charge < -0.3 is 10.1 Å². The minimum absolute atomic E-state index is 0.326. The second-order valence-electron chi connectivity index (χ2n) is 6.33. The fraction of sp³-hybridized carbons (Fsp3) is 0.217. The van der Waals surface area contributed by atoms with Crippen molar-refractivity contribution in [3.05, 3.63) is 74.1 Å². The first-order valence-electron chi connectivity index (χ1n) is 9.49. The van der Waals surface area contributed by atoms with E-state index >= 15 is 0 Å². The van der Waals surface area contributed by atoms with E-state index in [1.165, 1.54) is 11.3 Å². The van der Waals surface area contributed by atoms with Crippen LogP contribution in [0.3, 0.4) is 0 Å². The molecule has 0 unspecified atom stereocenters. The number of hydrogen-bond donors (Lipinski definition) is 1. The van der Waals surface area contributed by atoms with Crippen LogP contribution in [0.4, 0.5) is 5.69 Å². The number of carbonyl (C=O) groups excluding carboxylic acids is 2. The average Bonchev–Trinajstić information content (AvgIpc) is 3.44. The first-order chi connectivity index (χ1) is 14.1. The third kappa shape index (κ3) is 5.43. The van der Waals surface area contributed by atoms with Gasteiger partial charge in [0, 0.05) is 15.4 Å². The second kappa shape index (κ2) is 10.2. The molecule has 0 atom stereocenters. The number of ether oxygens (including phenoxy) is 1. The number of amides is 1. The number of rotatable bonds is 8. The van der Waals surface area contributed by atoms with Gasteiger partial charge in [0.1, 0.15) is 0 Å². The van der Waals surface area contributed by atoms with Gasteiger partial charge in [0.2, 0.25) is 0 Å². The lowest BCUT2D eigenvalue weighted by Gasteiger charge is -2.14. The van der Waals surface area contributed by atoms with Gasteiger partial charge in [0.15, 0.2) is 6.61 Å². The van der Waals surface area contributed by atoms with Crippen molar-refractivity contribution >= 4 is 51.9 Å². The summed E-state index contributed by atoms with van der Waals surface area (Å²) in [5.74, 6) is -0.842. The number of esters is 1. The van der Waals surface area contributed by atoms with Gasteiger partial charge in [-0.1, -0.05) is 44.2 Å². The van der Waals surface area contributed by atoms with Gasteiger partial charge in [0.05, 0.1) is 5.57 Å². The summed E-state index contributed by atoms with van der Waals surface area (Å²) in [4.78, 5) is 27.0. The Kier molecular flexibility index (Phi) is 7.38. The van der Waals surface area contributed by atoms with E-state index in [-0.39, 0.29) is 12.5 Å². The fourth-order valence-electron chi connectivity index (χ4n) is 2.97. The predicted molar refractivity (Wildman–Crippen MR) is 121 cm³/mol. The largest absolute Gasteiger partial charge is 0.452 e. The van der Waals surface area contributed by atoms with Crippen molar-refractivity contribution in [2.24, 2.45) is 0 Å². The summed E-state index contributed by atoms with van der Waals surface area (Å²) >= 11 is 3.00. The van der Waals surface area contributed by atoms with E-state index in [0.717, 1.165) is 39.4 Å². The Labute approximate surface area is 178 Å². The van der Waals surface area contributed by atoms with Crippen molar-refractivity contribution in [3.8, 4) is 0 Å². The molecule has 0 aliphatic rings. The Bertz CT molecular complexity index is 967. The van der Waals surface area contributed by atoms with Gasteiger partial charge in [-0.05, 0) is 52.9 Å². The van der Waals surface area contributed by atoms with Crippen LogP contribution >= 0.6 is 22.7 Å². The quantitative estimate of drug-likeness (QED) is 0.374. The van der Waals surface area contributed by atoms with Crippen LogP contribution < -0.4 is 5.32 Å². The molecular weight excluding hydrogens is 402 g/mol. The third-order valence-electron chi connectivity index (χ3n) is 4.43. The molecule has 4 nitrogen and oxygen atoms in total. The van der Waals surface area contributed by atoms with Crippen molar-refractivity contribution in [1.82, 2.24) is 0 Å². The van der Waals surface area contributed by atoms with Crippen molar-refractivity contribution < 1.29 is 14.3 Å². The maximum absolute atomic E-state index is 12.7. The van der Waals surface area contributed by atoms with Crippen molar-refractivity contribution in [2.75, 3.05) is 11.9 Å². The molecule has 3 rings (SSSR count). The average molecular weight is 426 g/mol. The van der Waals surface area contributed by atoms with E-state index in [4.69, 9.17) is 4.74 Å². The molecule has 2 aromatic heterocycles. The first kappa shape index (κ1) is 21.0. The van der Waals surface area contributed by atoms with E-state index in [9.17, 15) is 9.59 Å². The Morgan fingerprint density at radius 2 is 1.66 bits per heavy atom. The zero-order chi connectivity index (χ0) is 20.6. The number of para-hydroxylation sites is 1. The standard InChI is InChI=1S/C23H23NO3S2/c1-3-16-8-5-9-17(4-2)22(16)24-21(25)15-27-23(26)19(20-11-7-13-29-20)14-18-10-6-12-28-18/h5-14H,3-4,15H2,1-2H3,(H,24,25). The zero-order valence-electron chi connectivity index (χ0n) is 16.4.